The largest absolute Gasteiger partial charge is 0.352 e. The zero-order valence-electron chi connectivity index (χ0n) is 19.3. The van der Waals surface area contributed by atoms with Crippen LogP contribution in [0.15, 0.2) is 77.3 Å². The van der Waals surface area contributed by atoms with Gasteiger partial charge in [-0.1, -0.05) is 76.1 Å². The summed E-state index contributed by atoms with van der Waals surface area (Å²) < 4.78 is 0.871. The summed E-state index contributed by atoms with van der Waals surface area (Å²) in [7, 11) is 0. The summed E-state index contributed by atoms with van der Waals surface area (Å²) in [4.78, 5) is 45.2. The summed E-state index contributed by atoms with van der Waals surface area (Å²) in [6.45, 7) is 3.89. The average Bonchev–Trinajstić information content (AvgIpc) is 3.32. The van der Waals surface area contributed by atoms with Crippen LogP contribution >= 0.6 is 15.9 Å². The van der Waals surface area contributed by atoms with Crippen molar-refractivity contribution >= 4 is 51.0 Å². The number of Topliss-reactive ketones (excluding diaryl/α,β-unsaturated/α-hetero) is 1. The van der Waals surface area contributed by atoms with Crippen molar-refractivity contribution < 1.29 is 14.4 Å². The van der Waals surface area contributed by atoms with E-state index in [1.165, 1.54) is 4.90 Å². The van der Waals surface area contributed by atoms with Gasteiger partial charge >= 0.3 is 0 Å². The van der Waals surface area contributed by atoms with Gasteiger partial charge in [0.2, 0.25) is 11.8 Å². The molecule has 2 saturated heterocycles. The number of hydrogen-bond acceptors (Lipinski definition) is 4. The molecular weight excluding hydrogens is 504 g/mol. The van der Waals surface area contributed by atoms with Crippen LogP contribution in [0.4, 0.5) is 11.4 Å². The molecule has 6 rings (SSSR count). The van der Waals surface area contributed by atoms with Crippen molar-refractivity contribution in [2.24, 2.45) is 11.8 Å². The highest BCUT2D eigenvalue weighted by Gasteiger charge is 2.64. The molecule has 3 heterocycles. The van der Waals surface area contributed by atoms with E-state index < -0.39 is 17.9 Å². The lowest BCUT2D eigenvalue weighted by atomic mass is 9.86. The van der Waals surface area contributed by atoms with Gasteiger partial charge in [0.05, 0.1) is 23.6 Å². The van der Waals surface area contributed by atoms with Crippen molar-refractivity contribution in [1.82, 2.24) is 0 Å². The summed E-state index contributed by atoms with van der Waals surface area (Å²) in [6, 6.07) is 19.6. The quantitative estimate of drug-likeness (QED) is 0.341. The molecule has 3 aliphatic heterocycles. The van der Waals surface area contributed by atoms with Crippen molar-refractivity contribution in [2.45, 2.75) is 25.9 Å². The Morgan fingerprint density at radius 1 is 0.857 bits per heavy atom. The van der Waals surface area contributed by atoms with Crippen LogP contribution in [0.25, 0.3) is 6.08 Å². The molecule has 6 heteroatoms. The zero-order chi connectivity index (χ0) is 24.4. The van der Waals surface area contributed by atoms with E-state index in [0.717, 1.165) is 26.9 Å². The predicted octanol–water partition coefficient (Wildman–Crippen LogP) is 5.34. The van der Waals surface area contributed by atoms with E-state index in [9.17, 15) is 14.4 Å². The van der Waals surface area contributed by atoms with E-state index in [1.807, 2.05) is 85.5 Å². The number of amides is 2. The summed E-state index contributed by atoms with van der Waals surface area (Å²) in [5, 5.41) is 0. The third-order valence-electron chi connectivity index (χ3n) is 7.41. The number of anilines is 2. The molecule has 0 bridgehead atoms. The number of carbonyl (C=O) groups excluding carboxylic acids is 3. The monoisotopic (exact) mass is 526 g/mol. The van der Waals surface area contributed by atoms with Crippen molar-refractivity contribution in [3.8, 4) is 0 Å². The minimum Gasteiger partial charge on any atom is -0.352 e. The maximum atomic E-state index is 14.0. The second-order valence-corrected chi connectivity index (χ2v) is 10.4. The number of aryl methyl sites for hydroxylation is 2. The van der Waals surface area contributed by atoms with Gasteiger partial charge < -0.3 is 4.90 Å². The number of rotatable bonds is 3. The van der Waals surface area contributed by atoms with Gasteiger partial charge in [-0.3, -0.25) is 14.4 Å². The van der Waals surface area contributed by atoms with Crippen LogP contribution in [0.3, 0.4) is 0 Å². The molecule has 0 radical (unpaired) electrons. The van der Waals surface area contributed by atoms with E-state index in [4.69, 9.17) is 0 Å². The number of para-hydroxylation sites is 1. The molecule has 4 atom stereocenters. The lowest BCUT2D eigenvalue weighted by molar-refractivity contribution is -0.122. The molecule has 2 fully saturated rings. The van der Waals surface area contributed by atoms with Crippen LogP contribution in [-0.2, 0) is 9.59 Å². The fourth-order valence-electron chi connectivity index (χ4n) is 5.89. The molecule has 174 valence electrons. The van der Waals surface area contributed by atoms with Crippen LogP contribution in [0, 0.1) is 25.7 Å². The van der Waals surface area contributed by atoms with Gasteiger partial charge in [-0.05, 0) is 49.2 Å². The third-order valence-corrected chi connectivity index (χ3v) is 7.93. The minimum atomic E-state index is -0.774. The van der Waals surface area contributed by atoms with Crippen LogP contribution < -0.4 is 9.80 Å². The molecule has 0 aromatic heterocycles. The maximum Gasteiger partial charge on any atom is 0.240 e. The number of carbonyl (C=O) groups is 3. The Kier molecular flexibility index (Phi) is 5.04. The number of hydrogen-bond donors (Lipinski definition) is 0. The van der Waals surface area contributed by atoms with Gasteiger partial charge in [-0.25, -0.2) is 4.90 Å². The Bertz CT molecular complexity index is 1430. The highest BCUT2D eigenvalue weighted by molar-refractivity contribution is 9.10. The Hall–Kier alpha value is -3.51. The first-order valence-electron chi connectivity index (χ1n) is 11.7. The highest BCUT2D eigenvalue weighted by Crippen LogP contribution is 2.50. The third kappa shape index (κ3) is 3.23. The summed E-state index contributed by atoms with van der Waals surface area (Å²) in [5.74, 6) is -2.08. The summed E-state index contributed by atoms with van der Waals surface area (Å²) >= 11 is 3.43. The van der Waals surface area contributed by atoms with Crippen molar-refractivity contribution in [3.05, 3.63) is 99.5 Å². The molecule has 3 aromatic rings. The normalized spacial score (nSPS) is 24.4. The number of fused-ring (bicyclic) bond motifs is 5. The van der Waals surface area contributed by atoms with Gasteiger partial charge in [-0.15, -0.1) is 0 Å². The van der Waals surface area contributed by atoms with Crippen LogP contribution in [0.5, 0.6) is 0 Å². The molecule has 2 amide bonds. The Balaban J connectivity index is 1.50. The standard InChI is InChI=1S/C29H23BrN2O3/c1-16-7-13-21(17(2)15-16)32-28(34)24-23-14-10-18-5-3-4-6-22(18)31(23)26(25(24)29(32)35)27(33)19-8-11-20(30)12-9-19/h3-15,23-26H,1-2H3/t23-,24-,25-,26+/m1/s1. The van der Waals surface area contributed by atoms with Gasteiger partial charge in [0, 0.05) is 15.7 Å². The fraction of sp³-hybridized carbons (Fsp3) is 0.207. The SMILES string of the molecule is Cc1ccc(N2C(=O)[C@@H]3[C@H](C2=O)[C@H]2C=Cc4ccccc4N2[C@@H]3C(=O)c2ccc(Br)cc2)c(C)c1. The number of halogens is 1. The second-order valence-electron chi connectivity index (χ2n) is 9.49. The zero-order valence-corrected chi connectivity index (χ0v) is 20.9. The molecule has 3 aliphatic rings. The smallest absolute Gasteiger partial charge is 0.240 e. The van der Waals surface area contributed by atoms with Crippen molar-refractivity contribution in [3.63, 3.8) is 0 Å². The first-order chi connectivity index (χ1) is 16.9. The molecular formula is C29H23BrN2O3. The fourth-order valence-corrected chi connectivity index (χ4v) is 6.16. The van der Waals surface area contributed by atoms with E-state index in [2.05, 4.69) is 15.9 Å². The van der Waals surface area contributed by atoms with Gasteiger partial charge in [-0.2, -0.15) is 0 Å². The van der Waals surface area contributed by atoms with E-state index in [-0.39, 0.29) is 23.6 Å². The van der Waals surface area contributed by atoms with Gasteiger partial charge in [0.1, 0.15) is 6.04 Å². The maximum absolute atomic E-state index is 14.0. The number of nitrogens with zero attached hydrogens (tertiary/aromatic N) is 2. The van der Waals surface area contributed by atoms with E-state index >= 15 is 0 Å². The molecule has 0 saturated carbocycles. The molecule has 3 aromatic carbocycles. The number of benzene rings is 3. The second kappa shape index (κ2) is 8.02. The molecule has 0 N–H and O–H groups in total. The predicted molar refractivity (Wildman–Crippen MR) is 139 cm³/mol. The Labute approximate surface area is 212 Å². The van der Waals surface area contributed by atoms with Crippen LogP contribution in [-0.4, -0.2) is 29.7 Å². The molecule has 0 aliphatic carbocycles. The molecule has 0 spiro atoms. The molecule has 35 heavy (non-hydrogen) atoms. The number of imide groups is 1. The van der Waals surface area contributed by atoms with E-state index in [0.29, 0.717) is 11.3 Å². The lowest BCUT2D eigenvalue weighted by Crippen LogP contribution is -2.49. The summed E-state index contributed by atoms with van der Waals surface area (Å²) in [5.41, 5.74) is 4.90. The Morgan fingerprint density at radius 3 is 2.31 bits per heavy atom. The van der Waals surface area contributed by atoms with Crippen LogP contribution in [0.2, 0.25) is 0 Å². The molecule has 5 nitrogen and oxygen atoms in total. The van der Waals surface area contributed by atoms with Crippen molar-refractivity contribution in [2.75, 3.05) is 9.80 Å². The van der Waals surface area contributed by atoms with E-state index in [1.54, 1.807) is 12.1 Å². The molecule has 0 unspecified atom stereocenters. The van der Waals surface area contributed by atoms with Gasteiger partial charge in [0.15, 0.2) is 5.78 Å². The Morgan fingerprint density at radius 2 is 1.57 bits per heavy atom. The number of ketones is 1. The first kappa shape index (κ1) is 22.0. The summed E-state index contributed by atoms with van der Waals surface area (Å²) in [6.07, 6.45) is 3.98. The minimum absolute atomic E-state index is 0.149. The van der Waals surface area contributed by atoms with Crippen molar-refractivity contribution in [1.29, 1.82) is 0 Å². The average molecular weight is 527 g/mol. The van der Waals surface area contributed by atoms with Gasteiger partial charge in [0.25, 0.3) is 0 Å². The first-order valence-corrected chi connectivity index (χ1v) is 12.5. The van der Waals surface area contributed by atoms with Crippen LogP contribution in [0.1, 0.15) is 27.0 Å². The topological polar surface area (TPSA) is 57.7 Å². The highest BCUT2D eigenvalue weighted by atomic mass is 79.9. The lowest BCUT2D eigenvalue weighted by Gasteiger charge is -2.36.